The van der Waals surface area contributed by atoms with Crippen LogP contribution in [-0.4, -0.2) is 86.0 Å². The number of nitrogens with one attached hydrogen (secondary N) is 1. The number of carbonyl (C=O) groups is 2. The molecule has 3 aromatic rings. The first-order chi connectivity index (χ1) is 18.5. The first-order valence-corrected chi connectivity index (χ1v) is 12.5. The van der Waals surface area contributed by atoms with Gasteiger partial charge in [0.2, 0.25) is 5.88 Å². The highest BCUT2D eigenvalue weighted by Crippen LogP contribution is 2.34. The molecular weight excluding hydrogens is 495 g/mol. The molecule has 0 unspecified atom stereocenters. The van der Waals surface area contributed by atoms with E-state index in [1.165, 1.54) is 13.3 Å². The number of ether oxygens (including phenoxy) is 3. The molecule has 2 amide bonds. The summed E-state index contributed by atoms with van der Waals surface area (Å²) in [6.07, 6.45) is 1.29. The van der Waals surface area contributed by atoms with Crippen LogP contribution in [-0.2, 0) is 9.53 Å². The van der Waals surface area contributed by atoms with Gasteiger partial charge >= 0.3 is 6.09 Å². The van der Waals surface area contributed by atoms with Crippen LogP contribution in [0, 0.1) is 5.82 Å². The molecule has 3 aliphatic rings. The van der Waals surface area contributed by atoms with Gasteiger partial charge in [-0.1, -0.05) is 0 Å². The van der Waals surface area contributed by atoms with Crippen molar-refractivity contribution in [1.29, 1.82) is 0 Å². The summed E-state index contributed by atoms with van der Waals surface area (Å²) in [5.74, 6) is 0.322. The number of amides is 2. The largest absolute Gasteiger partial charge is 0.482 e. The summed E-state index contributed by atoms with van der Waals surface area (Å²) in [4.78, 5) is 38.8. The molecule has 5 heterocycles. The Labute approximate surface area is 218 Å². The van der Waals surface area contributed by atoms with Gasteiger partial charge in [-0.3, -0.25) is 19.6 Å². The van der Waals surface area contributed by atoms with Gasteiger partial charge in [-0.05, 0) is 30.7 Å². The highest BCUT2D eigenvalue weighted by atomic mass is 19.1. The lowest BCUT2D eigenvalue weighted by Gasteiger charge is -2.25. The molecule has 0 radical (unpaired) electrons. The van der Waals surface area contributed by atoms with E-state index in [0.29, 0.717) is 72.4 Å². The van der Waals surface area contributed by atoms with Crippen LogP contribution in [0.5, 0.6) is 11.6 Å². The van der Waals surface area contributed by atoms with E-state index < -0.39 is 11.9 Å². The molecule has 3 aliphatic heterocycles. The van der Waals surface area contributed by atoms with Crippen molar-refractivity contribution >= 4 is 40.1 Å². The second-order valence-electron chi connectivity index (χ2n) is 9.45. The van der Waals surface area contributed by atoms with Crippen LogP contribution in [0.3, 0.4) is 0 Å². The predicted octanol–water partition coefficient (Wildman–Crippen LogP) is 2.65. The lowest BCUT2D eigenvalue weighted by molar-refractivity contribution is -0.118. The molecule has 1 aromatic carbocycles. The topological polar surface area (TPSA) is 109 Å². The van der Waals surface area contributed by atoms with Crippen LogP contribution in [0.4, 0.5) is 26.2 Å². The van der Waals surface area contributed by atoms with E-state index in [9.17, 15) is 14.0 Å². The minimum atomic E-state index is -0.431. The highest BCUT2D eigenvalue weighted by Gasteiger charge is 2.34. The van der Waals surface area contributed by atoms with Gasteiger partial charge in [-0.25, -0.2) is 14.2 Å². The fraction of sp³-hybridized carbons (Fsp3) is 0.385. The molecule has 2 fully saturated rings. The minimum absolute atomic E-state index is 0.0256. The summed E-state index contributed by atoms with van der Waals surface area (Å²) < 4.78 is 31.3. The number of nitrogens with zero attached hydrogens (tertiary/aromatic N) is 5. The Balaban J connectivity index is 1.12. The summed E-state index contributed by atoms with van der Waals surface area (Å²) >= 11 is 0. The van der Waals surface area contributed by atoms with Gasteiger partial charge in [0.25, 0.3) is 5.91 Å². The molecule has 0 spiro atoms. The van der Waals surface area contributed by atoms with Gasteiger partial charge in [-0.2, -0.15) is 0 Å². The summed E-state index contributed by atoms with van der Waals surface area (Å²) in [6, 6.07) is 8.72. The molecule has 0 aliphatic carbocycles. The Morgan fingerprint density at radius 3 is 2.92 bits per heavy atom. The molecule has 12 heteroatoms. The predicted molar refractivity (Wildman–Crippen MR) is 137 cm³/mol. The van der Waals surface area contributed by atoms with Crippen molar-refractivity contribution < 1.29 is 28.2 Å². The fourth-order valence-electron chi connectivity index (χ4n) is 5.16. The molecule has 6 rings (SSSR count). The Bertz CT molecular complexity index is 1400. The first-order valence-electron chi connectivity index (χ1n) is 12.5. The Morgan fingerprint density at radius 2 is 2.05 bits per heavy atom. The van der Waals surface area contributed by atoms with Gasteiger partial charge in [-0.15, -0.1) is 0 Å². The molecule has 11 nitrogen and oxygen atoms in total. The van der Waals surface area contributed by atoms with E-state index in [-0.39, 0.29) is 18.6 Å². The van der Waals surface area contributed by atoms with Crippen LogP contribution in [0.1, 0.15) is 6.42 Å². The highest BCUT2D eigenvalue weighted by molar-refractivity contribution is 5.97. The van der Waals surface area contributed by atoms with E-state index in [1.54, 1.807) is 35.2 Å². The van der Waals surface area contributed by atoms with Crippen molar-refractivity contribution in [2.45, 2.75) is 12.5 Å². The number of benzene rings is 1. The maximum absolute atomic E-state index is 15.0. The number of halogens is 1. The second-order valence-corrected chi connectivity index (χ2v) is 9.45. The number of hydrogen-bond donors (Lipinski definition) is 1. The summed E-state index contributed by atoms with van der Waals surface area (Å²) in [6.45, 7) is 3.63. The van der Waals surface area contributed by atoms with Crippen molar-refractivity contribution in [3.05, 3.63) is 42.3 Å². The lowest BCUT2D eigenvalue weighted by Crippen LogP contribution is -2.37. The van der Waals surface area contributed by atoms with E-state index >= 15 is 0 Å². The van der Waals surface area contributed by atoms with Crippen LogP contribution >= 0.6 is 0 Å². The Morgan fingerprint density at radius 1 is 1.16 bits per heavy atom. The maximum atomic E-state index is 15.0. The molecular formula is C26H27FN6O5. The SMILES string of the molecule is COc1ccc2ncc(F)c(N3CCCN(C[C@@H]4CN(c5ccc6c(c5)NC(=O)CO6)C(=O)O4)CC3)c2n1. The normalized spacial score (nSPS) is 20.0. The van der Waals surface area contributed by atoms with E-state index in [4.69, 9.17) is 14.2 Å². The molecule has 198 valence electrons. The van der Waals surface area contributed by atoms with Crippen molar-refractivity contribution in [2.24, 2.45) is 0 Å². The first kappa shape index (κ1) is 24.2. The van der Waals surface area contributed by atoms with Crippen molar-refractivity contribution in [2.75, 3.05) is 68.1 Å². The van der Waals surface area contributed by atoms with E-state index in [1.807, 2.05) is 4.90 Å². The number of cyclic esters (lactones) is 1. The van der Waals surface area contributed by atoms with Crippen molar-refractivity contribution in [1.82, 2.24) is 14.9 Å². The summed E-state index contributed by atoms with van der Waals surface area (Å²) in [5, 5.41) is 2.76. The van der Waals surface area contributed by atoms with Gasteiger partial charge in [0.15, 0.2) is 12.4 Å². The number of rotatable bonds is 5. The smallest absolute Gasteiger partial charge is 0.414 e. The zero-order valence-corrected chi connectivity index (χ0v) is 20.9. The van der Waals surface area contributed by atoms with Gasteiger partial charge in [0.05, 0.1) is 31.1 Å². The molecule has 0 bridgehead atoms. The van der Waals surface area contributed by atoms with E-state index in [0.717, 1.165) is 13.0 Å². The Kier molecular flexibility index (Phi) is 6.32. The molecule has 2 saturated heterocycles. The number of hydrogen-bond acceptors (Lipinski definition) is 9. The van der Waals surface area contributed by atoms with Crippen molar-refractivity contribution in [3.63, 3.8) is 0 Å². The third-order valence-electron chi connectivity index (χ3n) is 6.97. The Hall–Kier alpha value is -4.19. The number of anilines is 3. The van der Waals surface area contributed by atoms with Crippen LogP contribution in [0.15, 0.2) is 36.5 Å². The lowest BCUT2D eigenvalue weighted by atomic mass is 10.2. The molecule has 1 atom stereocenters. The number of aromatic nitrogens is 2. The average Bonchev–Trinajstić information content (AvgIpc) is 3.13. The van der Waals surface area contributed by atoms with Crippen LogP contribution in [0.2, 0.25) is 0 Å². The quantitative estimate of drug-likeness (QED) is 0.541. The van der Waals surface area contributed by atoms with Gasteiger partial charge in [0, 0.05) is 44.5 Å². The number of carbonyl (C=O) groups excluding carboxylic acids is 2. The number of pyridine rings is 2. The number of methoxy groups -OCH3 is 1. The zero-order chi connectivity index (χ0) is 26.2. The monoisotopic (exact) mass is 522 g/mol. The maximum Gasteiger partial charge on any atom is 0.414 e. The minimum Gasteiger partial charge on any atom is -0.482 e. The van der Waals surface area contributed by atoms with E-state index in [2.05, 4.69) is 20.2 Å². The third kappa shape index (κ3) is 4.62. The molecule has 2 aromatic heterocycles. The summed E-state index contributed by atoms with van der Waals surface area (Å²) in [5.41, 5.74) is 2.68. The molecule has 0 saturated carbocycles. The van der Waals surface area contributed by atoms with Crippen LogP contribution < -0.4 is 24.6 Å². The molecule has 38 heavy (non-hydrogen) atoms. The van der Waals surface area contributed by atoms with Gasteiger partial charge < -0.3 is 24.4 Å². The third-order valence-corrected chi connectivity index (χ3v) is 6.97. The average molecular weight is 523 g/mol. The second kappa shape index (κ2) is 9.93. The standard InChI is InChI=1S/C26H27FN6O5/c1-36-23-6-4-19-24(30-23)25(18(27)12-28-19)32-8-2-7-31(9-10-32)13-17-14-33(26(35)38-17)16-3-5-21-20(11-16)29-22(34)15-37-21/h3-6,11-12,17H,2,7-10,13-15H2,1H3,(H,29,34)/t17-/m1/s1. The summed E-state index contributed by atoms with van der Waals surface area (Å²) in [7, 11) is 1.53. The fourth-order valence-corrected chi connectivity index (χ4v) is 5.16. The van der Waals surface area contributed by atoms with Crippen molar-refractivity contribution in [3.8, 4) is 11.6 Å². The zero-order valence-electron chi connectivity index (χ0n) is 20.9. The number of fused-ring (bicyclic) bond motifs is 2. The van der Waals surface area contributed by atoms with Gasteiger partial charge in [0.1, 0.15) is 23.1 Å². The van der Waals surface area contributed by atoms with Crippen LogP contribution in [0.25, 0.3) is 11.0 Å². The molecule has 1 N–H and O–H groups in total.